The average molecular weight is 179 g/mol. The van der Waals surface area contributed by atoms with Gasteiger partial charge in [0.1, 0.15) is 0 Å². The number of hydrogen-bond donors (Lipinski definition) is 0. The Morgan fingerprint density at radius 2 is 2.08 bits per heavy atom. The van der Waals surface area contributed by atoms with Gasteiger partial charge in [-0.25, -0.2) is 0 Å². The fraction of sp³-hybridized carbons (Fsp3) is 0.833. The molecule has 0 bridgehead atoms. The summed E-state index contributed by atoms with van der Waals surface area (Å²) in [5.74, 6) is 0. The maximum atomic E-state index is 4.12. The van der Waals surface area contributed by atoms with Gasteiger partial charge in [-0.1, -0.05) is 19.1 Å². The topological polar surface area (TPSA) is 3.24 Å². The highest BCUT2D eigenvalue weighted by Crippen LogP contribution is 2.43. The molecule has 0 radical (unpaired) electrons. The molecule has 2 rings (SSSR count). The molecular formula is C12H21N. The second-order valence-electron chi connectivity index (χ2n) is 4.91. The maximum Gasteiger partial charge on any atom is 0.00505 e. The molecule has 0 aromatic rings. The first-order chi connectivity index (χ1) is 6.24. The lowest BCUT2D eigenvalue weighted by atomic mass is 9.73. The number of likely N-dealkylation sites (tertiary alicyclic amines) is 1. The van der Waals surface area contributed by atoms with E-state index in [0.717, 1.165) is 0 Å². The zero-order valence-electron chi connectivity index (χ0n) is 8.81. The van der Waals surface area contributed by atoms with Gasteiger partial charge in [-0.05, 0) is 44.1 Å². The zero-order chi connectivity index (χ0) is 9.31. The number of allylic oxidation sites excluding steroid dienone is 1. The van der Waals surface area contributed by atoms with E-state index in [9.17, 15) is 0 Å². The van der Waals surface area contributed by atoms with Crippen molar-refractivity contribution in [3.05, 3.63) is 12.2 Å². The summed E-state index contributed by atoms with van der Waals surface area (Å²) < 4.78 is 0. The molecule has 1 saturated carbocycles. The lowest BCUT2D eigenvalue weighted by molar-refractivity contribution is -0.00696. The maximum absolute atomic E-state index is 4.12. The van der Waals surface area contributed by atoms with E-state index in [1.165, 1.54) is 57.3 Å². The van der Waals surface area contributed by atoms with Crippen LogP contribution in [-0.2, 0) is 0 Å². The van der Waals surface area contributed by atoms with Crippen molar-refractivity contribution in [3.63, 3.8) is 0 Å². The van der Waals surface area contributed by atoms with Crippen LogP contribution in [0.15, 0.2) is 12.2 Å². The van der Waals surface area contributed by atoms with Crippen molar-refractivity contribution in [2.75, 3.05) is 19.6 Å². The summed E-state index contributed by atoms with van der Waals surface area (Å²) in [4.78, 5) is 2.56. The van der Waals surface area contributed by atoms with Crippen LogP contribution in [0, 0.1) is 5.41 Å². The highest BCUT2D eigenvalue weighted by atomic mass is 15.2. The second-order valence-corrected chi connectivity index (χ2v) is 4.91. The van der Waals surface area contributed by atoms with Gasteiger partial charge in [0, 0.05) is 13.1 Å². The Morgan fingerprint density at radius 1 is 1.31 bits per heavy atom. The smallest absolute Gasteiger partial charge is 0.00505 e. The predicted molar refractivity (Wildman–Crippen MR) is 56.8 cm³/mol. The molecule has 1 spiro atoms. The van der Waals surface area contributed by atoms with Gasteiger partial charge in [0.25, 0.3) is 0 Å². The highest BCUT2D eigenvalue weighted by molar-refractivity contribution is 5.04. The Kier molecular flexibility index (Phi) is 2.46. The Hall–Kier alpha value is -0.300. The van der Waals surface area contributed by atoms with E-state index >= 15 is 0 Å². The average Bonchev–Trinajstić information content (AvgIpc) is 2.24. The number of rotatable bonds is 1. The summed E-state index contributed by atoms with van der Waals surface area (Å²) in [6, 6.07) is 0. The van der Waals surface area contributed by atoms with E-state index in [1.807, 2.05) is 0 Å². The summed E-state index contributed by atoms with van der Waals surface area (Å²) in [6.07, 6.45) is 6.81. The first-order valence-corrected chi connectivity index (χ1v) is 5.63. The predicted octanol–water partition coefficient (Wildman–Crippen LogP) is 2.83. The van der Waals surface area contributed by atoms with Gasteiger partial charge in [0.05, 0.1) is 0 Å². The molecule has 0 aromatic heterocycles. The molecule has 1 saturated heterocycles. The van der Waals surface area contributed by atoms with Crippen LogP contribution in [0.2, 0.25) is 0 Å². The van der Waals surface area contributed by atoms with Crippen LogP contribution in [-0.4, -0.2) is 24.5 Å². The summed E-state index contributed by atoms with van der Waals surface area (Å²) in [5.41, 5.74) is 2.20. The largest absolute Gasteiger partial charge is 0.302 e. The third kappa shape index (κ3) is 1.80. The second kappa shape index (κ2) is 3.45. The minimum Gasteiger partial charge on any atom is -0.302 e. The fourth-order valence-corrected chi connectivity index (χ4v) is 2.85. The third-order valence-corrected chi connectivity index (χ3v) is 3.81. The molecule has 0 unspecified atom stereocenters. The van der Waals surface area contributed by atoms with E-state index in [4.69, 9.17) is 0 Å². The molecule has 1 heteroatoms. The van der Waals surface area contributed by atoms with Gasteiger partial charge in [0.15, 0.2) is 0 Å². The van der Waals surface area contributed by atoms with Crippen LogP contribution in [0.4, 0.5) is 0 Å². The molecular weight excluding hydrogens is 158 g/mol. The van der Waals surface area contributed by atoms with Crippen LogP contribution in [0.5, 0.6) is 0 Å². The van der Waals surface area contributed by atoms with Crippen LogP contribution < -0.4 is 0 Å². The molecule has 13 heavy (non-hydrogen) atoms. The molecule has 0 aromatic carbocycles. The molecule has 74 valence electrons. The fourth-order valence-electron chi connectivity index (χ4n) is 2.85. The van der Waals surface area contributed by atoms with Gasteiger partial charge < -0.3 is 4.90 Å². The first-order valence-electron chi connectivity index (χ1n) is 5.63. The lowest BCUT2D eigenvalue weighted by Crippen LogP contribution is -2.55. The quantitative estimate of drug-likeness (QED) is 0.559. The standard InChI is InChI=1S/C12H21N/c1-3-13-9-12(10-13)7-4-5-11(2)6-8-12/h2-10H2,1H3. The van der Waals surface area contributed by atoms with Crippen molar-refractivity contribution in [2.45, 2.75) is 39.0 Å². The van der Waals surface area contributed by atoms with Crippen molar-refractivity contribution in [2.24, 2.45) is 5.41 Å². The lowest BCUT2D eigenvalue weighted by Gasteiger charge is -2.50. The minimum atomic E-state index is 0.704. The first kappa shape index (κ1) is 9.26. The van der Waals surface area contributed by atoms with Gasteiger partial charge in [-0.2, -0.15) is 0 Å². The zero-order valence-corrected chi connectivity index (χ0v) is 8.81. The molecule has 0 amide bonds. The van der Waals surface area contributed by atoms with Crippen molar-refractivity contribution in [1.82, 2.24) is 4.90 Å². The van der Waals surface area contributed by atoms with Crippen molar-refractivity contribution >= 4 is 0 Å². The summed E-state index contributed by atoms with van der Waals surface area (Å²) in [6.45, 7) is 10.3. The summed E-state index contributed by atoms with van der Waals surface area (Å²) >= 11 is 0. The molecule has 1 aliphatic carbocycles. The number of nitrogens with zero attached hydrogens (tertiary/aromatic N) is 1. The number of hydrogen-bond acceptors (Lipinski definition) is 1. The Labute approximate surface area is 81.8 Å². The van der Waals surface area contributed by atoms with Gasteiger partial charge in [0.2, 0.25) is 0 Å². The van der Waals surface area contributed by atoms with Crippen molar-refractivity contribution in [3.8, 4) is 0 Å². The van der Waals surface area contributed by atoms with Gasteiger partial charge >= 0.3 is 0 Å². The van der Waals surface area contributed by atoms with Gasteiger partial charge in [-0.15, -0.1) is 0 Å². The van der Waals surface area contributed by atoms with Crippen LogP contribution in [0.1, 0.15) is 39.0 Å². The highest BCUT2D eigenvalue weighted by Gasteiger charge is 2.41. The van der Waals surface area contributed by atoms with E-state index in [0.29, 0.717) is 5.41 Å². The molecule has 1 heterocycles. The Bertz CT molecular complexity index is 201. The van der Waals surface area contributed by atoms with E-state index in [1.54, 1.807) is 0 Å². The van der Waals surface area contributed by atoms with Crippen molar-refractivity contribution in [1.29, 1.82) is 0 Å². The SMILES string of the molecule is C=C1CCCC2(CC1)CN(CC)C2. The minimum absolute atomic E-state index is 0.704. The summed E-state index contributed by atoms with van der Waals surface area (Å²) in [5, 5.41) is 0. The van der Waals surface area contributed by atoms with E-state index < -0.39 is 0 Å². The molecule has 1 aliphatic heterocycles. The Morgan fingerprint density at radius 3 is 2.77 bits per heavy atom. The van der Waals surface area contributed by atoms with Crippen LogP contribution in [0.3, 0.4) is 0 Å². The van der Waals surface area contributed by atoms with E-state index in [-0.39, 0.29) is 0 Å². The molecule has 1 nitrogen and oxygen atoms in total. The van der Waals surface area contributed by atoms with Crippen molar-refractivity contribution < 1.29 is 0 Å². The molecule has 0 atom stereocenters. The van der Waals surface area contributed by atoms with Crippen LogP contribution in [0.25, 0.3) is 0 Å². The normalized spacial score (nSPS) is 28.5. The third-order valence-electron chi connectivity index (χ3n) is 3.81. The molecule has 2 aliphatic rings. The summed E-state index contributed by atoms with van der Waals surface area (Å²) in [7, 11) is 0. The Balaban J connectivity index is 1.90. The van der Waals surface area contributed by atoms with E-state index in [2.05, 4.69) is 18.4 Å². The molecule has 2 fully saturated rings. The molecule has 0 N–H and O–H groups in total. The monoisotopic (exact) mass is 179 g/mol. The van der Waals surface area contributed by atoms with Gasteiger partial charge in [-0.3, -0.25) is 0 Å². The van der Waals surface area contributed by atoms with Crippen LogP contribution >= 0.6 is 0 Å².